The average Bonchev–Trinajstić information content (AvgIpc) is 2.56. The second-order valence-corrected chi connectivity index (χ2v) is 5.49. The third-order valence-corrected chi connectivity index (χ3v) is 3.82. The highest BCUT2D eigenvalue weighted by Gasteiger charge is 2.06. The molecule has 0 aliphatic rings. The van der Waals surface area contributed by atoms with Gasteiger partial charge in [-0.05, 0) is 53.3 Å². The van der Waals surface area contributed by atoms with Gasteiger partial charge in [-0.2, -0.15) is 0 Å². The van der Waals surface area contributed by atoms with Crippen molar-refractivity contribution in [3.8, 4) is 11.1 Å². The summed E-state index contributed by atoms with van der Waals surface area (Å²) in [5.41, 5.74) is 2.84. The van der Waals surface area contributed by atoms with Crippen LogP contribution in [0.4, 0.5) is 10.2 Å². The van der Waals surface area contributed by atoms with Crippen LogP contribution in [-0.4, -0.2) is 10.9 Å². The van der Waals surface area contributed by atoms with Crippen molar-refractivity contribution in [3.63, 3.8) is 0 Å². The van der Waals surface area contributed by atoms with Gasteiger partial charge in [-0.1, -0.05) is 25.1 Å². The number of fused-ring (bicyclic) bond motifs is 1. The van der Waals surface area contributed by atoms with Gasteiger partial charge in [-0.25, -0.2) is 9.37 Å². The number of hydrogen-bond donors (Lipinski definition) is 1. The van der Waals surface area contributed by atoms with Crippen LogP contribution in [0.3, 0.4) is 0 Å². The number of nitrogens with one attached hydrogen (secondary N) is 1. The fourth-order valence-electron chi connectivity index (χ4n) is 2.51. The van der Waals surface area contributed by atoms with Crippen LogP contribution in [0, 0.1) is 12.7 Å². The monoisotopic (exact) mass is 308 g/mol. The van der Waals surface area contributed by atoms with Gasteiger partial charge in [0.15, 0.2) is 0 Å². The van der Waals surface area contributed by atoms with E-state index in [4.69, 9.17) is 0 Å². The molecule has 0 bridgehead atoms. The second kappa shape index (κ2) is 6.16. The van der Waals surface area contributed by atoms with Gasteiger partial charge >= 0.3 is 0 Å². The van der Waals surface area contributed by atoms with Crippen LogP contribution >= 0.6 is 0 Å². The van der Waals surface area contributed by atoms with E-state index in [0.717, 1.165) is 27.5 Å². The largest absolute Gasteiger partial charge is 0.311 e. The van der Waals surface area contributed by atoms with Crippen molar-refractivity contribution in [1.29, 1.82) is 0 Å². The number of aryl methyl sites for hydroxylation is 1. The molecule has 0 radical (unpaired) electrons. The molecule has 1 amide bonds. The Kier molecular flexibility index (Phi) is 4.06. The smallest absolute Gasteiger partial charge is 0.225 e. The Bertz CT molecular complexity index is 890. The SMILES string of the molecule is CCC(=O)Nc1cc2ccc(-c3cc(F)ccc3C)cc2cn1. The van der Waals surface area contributed by atoms with Crippen molar-refractivity contribution < 1.29 is 9.18 Å². The predicted octanol–water partition coefficient (Wildman–Crippen LogP) is 4.70. The van der Waals surface area contributed by atoms with E-state index < -0.39 is 0 Å². The zero-order valence-electron chi connectivity index (χ0n) is 13.1. The highest BCUT2D eigenvalue weighted by Crippen LogP contribution is 2.28. The molecule has 1 heterocycles. The average molecular weight is 308 g/mol. The first-order valence-corrected chi connectivity index (χ1v) is 7.53. The fourth-order valence-corrected chi connectivity index (χ4v) is 2.51. The number of carbonyl (C=O) groups excluding carboxylic acids is 1. The fraction of sp³-hybridized carbons (Fsp3) is 0.158. The highest BCUT2D eigenvalue weighted by molar-refractivity contribution is 5.93. The van der Waals surface area contributed by atoms with Gasteiger partial charge in [0.2, 0.25) is 5.91 Å². The summed E-state index contributed by atoms with van der Waals surface area (Å²) in [5.74, 6) is 0.226. The molecule has 2 aromatic carbocycles. The zero-order valence-corrected chi connectivity index (χ0v) is 13.1. The number of aromatic nitrogens is 1. The minimum atomic E-state index is -0.249. The number of benzene rings is 2. The number of pyridine rings is 1. The quantitative estimate of drug-likeness (QED) is 0.762. The molecule has 0 unspecified atom stereocenters. The van der Waals surface area contributed by atoms with Gasteiger partial charge in [0.25, 0.3) is 0 Å². The molecule has 3 aromatic rings. The molecule has 4 heteroatoms. The van der Waals surface area contributed by atoms with Crippen LogP contribution in [-0.2, 0) is 4.79 Å². The van der Waals surface area contributed by atoms with Crippen molar-refractivity contribution in [1.82, 2.24) is 4.98 Å². The molecule has 0 spiro atoms. The van der Waals surface area contributed by atoms with Crippen molar-refractivity contribution >= 4 is 22.5 Å². The Hall–Kier alpha value is -2.75. The third-order valence-electron chi connectivity index (χ3n) is 3.82. The summed E-state index contributed by atoms with van der Waals surface area (Å²) in [5, 5.41) is 4.67. The summed E-state index contributed by atoms with van der Waals surface area (Å²) in [6.07, 6.45) is 2.14. The van der Waals surface area contributed by atoms with Gasteiger partial charge in [0.05, 0.1) is 0 Å². The number of hydrogen-bond acceptors (Lipinski definition) is 2. The Labute approximate surface area is 134 Å². The van der Waals surface area contributed by atoms with Gasteiger partial charge in [0.1, 0.15) is 11.6 Å². The first-order valence-electron chi connectivity index (χ1n) is 7.53. The lowest BCUT2D eigenvalue weighted by molar-refractivity contribution is -0.115. The molecule has 116 valence electrons. The lowest BCUT2D eigenvalue weighted by atomic mass is 9.98. The molecule has 0 atom stereocenters. The van der Waals surface area contributed by atoms with Gasteiger partial charge < -0.3 is 5.32 Å². The van der Waals surface area contributed by atoms with Crippen molar-refractivity contribution in [2.24, 2.45) is 0 Å². The minimum absolute atomic E-state index is 0.0659. The molecular formula is C19H17FN2O. The molecule has 23 heavy (non-hydrogen) atoms. The number of amides is 1. The van der Waals surface area contributed by atoms with E-state index in [1.54, 1.807) is 25.3 Å². The molecular weight excluding hydrogens is 291 g/mol. The molecule has 1 aromatic heterocycles. The van der Waals surface area contributed by atoms with Crippen molar-refractivity contribution in [2.45, 2.75) is 20.3 Å². The normalized spacial score (nSPS) is 10.7. The Morgan fingerprint density at radius 2 is 1.96 bits per heavy atom. The van der Waals surface area contributed by atoms with Gasteiger partial charge in [-0.3, -0.25) is 4.79 Å². The third kappa shape index (κ3) is 3.21. The molecule has 0 aliphatic carbocycles. The topological polar surface area (TPSA) is 42.0 Å². The zero-order chi connectivity index (χ0) is 16.4. The van der Waals surface area contributed by atoms with E-state index in [0.29, 0.717) is 12.2 Å². The Morgan fingerprint density at radius 3 is 2.74 bits per heavy atom. The lowest BCUT2D eigenvalue weighted by Crippen LogP contribution is -2.10. The number of anilines is 1. The number of rotatable bonds is 3. The molecule has 0 saturated carbocycles. The summed E-state index contributed by atoms with van der Waals surface area (Å²) >= 11 is 0. The second-order valence-electron chi connectivity index (χ2n) is 5.49. The molecule has 0 aliphatic heterocycles. The molecule has 0 saturated heterocycles. The van der Waals surface area contributed by atoms with Crippen LogP contribution in [0.25, 0.3) is 21.9 Å². The Balaban J connectivity index is 2.01. The van der Waals surface area contributed by atoms with E-state index in [-0.39, 0.29) is 11.7 Å². The van der Waals surface area contributed by atoms with Crippen LogP contribution < -0.4 is 5.32 Å². The molecule has 3 rings (SSSR count). The maximum absolute atomic E-state index is 13.5. The lowest BCUT2D eigenvalue weighted by Gasteiger charge is -2.09. The summed E-state index contributed by atoms with van der Waals surface area (Å²) in [4.78, 5) is 15.7. The standard InChI is InChI=1S/C19H17FN2O/c1-3-19(23)22-18-9-13-5-6-14(8-15(13)11-21-18)17-10-16(20)7-4-12(17)2/h4-11H,3H2,1-2H3,(H,21,22,23). The molecule has 0 fully saturated rings. The van der Waals surface area contributed by atoms with Crippen LogP contribution in [0.5, 0.6) is 0 Å². The van der Waals surface area contributed by atoms with Crippen molar-refractivity contribution in [2.75, 3.05) is 5.32 Å². The number of halogens is 1. The Morgan fingerprint density at radius 1 is 1.13 bits per heavy atom. The van der Waals surface area contributed by atoms with E-state index >= 15 is 0 Å². The summed E-state index contributed by atoms with van der Waals surface area (Å²) in [6.45, 7) is 3.75. The maximum Gasteiger partial charge on any atom is 0.225 e. The number of nitrogens with zero attached hydrogens (tertiary/aromatic N) is 1. The van der Waals surface area contributed by atoms with Crippen LogP contribution in [0.1, 0.15) is 18.9 Å². The van der Waals surface area contributed by atoms with Gasteiger partial charge in [-0.15, -0.1) is 0 Å². The number of carbonyl (C=O) groups is 1. The van der Waals surface area contributed by atoms with Crippen LogP contribution in [0.15, 0.2) is 48.7 Å². The highest BCUT2D eigenvalue weighted by atomic mass is 19.1. The predicted molar refractivity (Wildman–Crippen MR) is 90.8 cm³/mol. The van der Waals surface area contributed by atoms with E-state index in [2.05, 4.69) is 10.3 Å². The first-order chi connectivity index (χ1) is 11.1. The van der Waals surface area contributed by atoms with Crippen molar-refractivity contribution in [3.05, 3.63) is 60.0 Å². The van der Waals surface area contributed by atoms with Crippen LogP contribution in [0.2, 0.25) is 0 Å². The van der Waals surface area contributed by atoms with E-state index in [1.165, 1.54) is 6.07 Å². The summed E-state index contributed by atoms with van der Waals surface area (Å²) in [6, 6.07) is 12.5. The maximum atomic E-state index is 13.5. The minimum Gasteiger partial charge on any atom is -0.311 e. The summed E-state index contributed by atoms with van der Waals surface area (Å²) < 4.78 is 13.5. The van der Waals surface area contributed by atoms with E-state index in [1.807, 2.05) is 31.2 Å². The first kappa shape index (κ1) is 15.2. The van der Waals surface area contributed by atoms with E-state index in [9.17, 15) is 9.18 Å². The summed E-state index contributed by atoms with van der Waals surface area (Å²) in [7, 11) is 0. The molecule has 3 nitrogen and oxygen atoms in total. The van der Waals surface area contributed by atoms with Gasteiger partial charge in [0, 0.05) is 18.0 Å². The molecule has 1 N–H and O–H groups in total.